The summed E-state index contributed by atoms with van der Waals surface area (Å²) >= 11 is 0. The van der Waals surface area contributed by atoms with Gasteiger partial charge in [0.05, 0.1) is 5.75 Å². The van der Waals surface area contributed by atoms with Crippen molar-refractivity contribution in [2.24, 2.45) is 17.3 Å². The van der Waals surface area contributed by atoms with Gasteiger partial charge in [-0.05, 0) is 19.3 Å². The van der Waals surface area contributed by atoms with Gasteiger partial charge in [-0.25, -0.2) is 12.7 Å². The fraction of sp³-hybridized carbons (Fsp3) is 0.867. The summed E-state index contributed by atoms with van der Waals surface area (Å²) in [6.07, 6.45) is 3.13. The van der Waals surface area contributed by atoms with Gasteiger partial charge in [-0.2, -0.15) is 0 Å². The number of carboxylic acids is 1. The van der Waals surface area contributed by atoms with Gasteiger partial charge in [-0.15, -0.1) is 0 Å². The molecule has 3 fully saturated rings. The Balaban J connectivity index is 1.76. The number of carbonyl (C=O) groups excluding carboxylic acids is 1. The molecule has 1 aliphatic carbocycles. The molecule has 7 nitrogen and oxygen atoms in total. The second-order valence-corrected chi connectivity index (χ2v) is 9.20. The molecule has 3 rings (SSSR count). The molecule has 0 bridgehead atoms. The maximum absolute atomic E-state index is 12.4. The molecule has 23 heavy (non-hydrogen) atoms. The number of carbonyl (C=O) groups is 2. The Morgan fingerprint density at radius 1 is 1.22 bits per heavy atom. The minimum atomic E-state index is -3.41. The normalized spacial score (nSPS) is 31.3. The second kappa shape index (κ2) is 5.73. The summed E-state index contributed by atoms with van der Waals surface area (Å²) in [6, 6.07) is 0. The number of nitrogens with zero attached hydrogens (tertiary/aromatic N) is 2. The molecule has 1 amide bonds. The lowest BCUT2D eigenvalue weighted by atomic mass is 9.81. The van der Waals surface area contributed by atoms with E-state index in [0.29, 0.717) is 13.0 Å². The highest BCUT2D eigenvalue weighted by atomic mass is 32.2. The Kier molecular flexibility index (Phi) is 4.16. The zero-order valence-corrected chi connectivity index (χ0v) is 14.2. The van der Waals surface area contributed by atoms with Crippen LogP contribution < -0.4 is 0 Å². The maximum Gasteiger partial charge on any atom is 0.313 e. The molecule has 0 radical (unpaired) electrons. The molecule has 2 saturated heterocycles. The second-order valence-electron chi connectivity index (χ2n) is 7.11. The fourth-order valence-electron chi connectivity index (χ4n) is 3.75. The van der Waals surface area contributed by atoms with Crippen LogP contribution >= 0.6 is 0 Å². The summed E-state index contributed by atoms with van der Waals surface area (Å²) in [5.74, 6) is -1.12. The third-order valence-electron chi connectivity index (χ3n) is 5.39. The van der Waals surface area contributed by atoms with Gasteiger partial charge in [0.25, 0.3) is 0 Å². The zero-order chi connectivity index (χ0) is 16.8. The van der Waals surface area contributed by atoms with Crippen molar-refractivity contribution in [1.29, 1.82) is 0 Å². The van der Waals surface area contributed by atoms with Crippen molar-refractivity contribution >= 4 is 21.9 Å². The van der Waals surface area contributed by atoms with Crippen molar-refractivity contribution in [2.45, 2.75) is 32.6 Å². The molecule has 0 unspecified atom stereocenters. The Labute approximate surface area is 136 Å². The predicted molar refractivity (Wildman–Crippen MR) is 83.1 cm³/mol. The largest absolute Gasteiger partial charge is 0.481 e. The number of carboxylic acid groups (broad SMARTS) is 1. The van der Waals surface area contributed by atoms with Gasteiger partial charge >= 0.3 is 5.97 Å². The molecule has 2 heterocycles. The molecule has 2 atom stereocenters. The topological polar surface area (TPSA) is 95.0 Å². The van der Waals surface area contributed by atoms with Crippen LogP contribution in [0.5, 0.6) is 0 Å². The quantitative estimate of drug-likeness (QED) is 0.751. The van der Waals surface area contributed by atoms with E-state index < -0.39 is 21.4 Å². The van der Waals surface area contributed by atoms with E-state index in [2.05, 4.69) is 0 Å². The average Bonchev–Trinajstić information content (AvgIpc) is 3.16. The standard InChI is InChI=1S/C15H24N2O5S/c1-2-3-6-23(21,22)17-8-12-7-16(13(18)11-4-5-11)9-15(12,10-17)14(19)20/h11-12H,2-10H2,1H3,(H,19,20)/t12-,15-/m0/s1. The van der Waals surface area contributed by atoms with Crippen LogP contribution in [-0.2, 0) is 19.6 Å². The van der Waals surface area contributed by atoms with E-state index in [-0.39, 0.29) is 43.1 Å². The Bertz CT molecular complexity index is 615. The fourth-order valence-corrected chi connectivity index (χ4v) is 5.49. The first-order chi connectivity index (χ1) is 10.8. The average molecular weight is 344 g/mol. The highest BCUT2D eigenvalue weighted by molar-refractivity contribution is 7.89. The van der Waals surface area contributed by atoms with Crippen LogP contribution in [-0.4, -0.2) is 66.5 Å². The lowest BCUT2D eigenvalue weighted by molar-refractivity contribution is -0.149. The summed E-state index contributed by atoms with van der Waals surface area (Å²) in [6.45, 7) is 2.64. The van der Waals surface area contributed by atoms with Crippen LogP contribution in [0.15, 0.2) is 0 Å². The number of aliphatic carboxylic acids is 1. The highest BCUT2D eigenvalue weighted by Crippen LogP contribution is 2.45. The van der Waals surface area contributed by atoms with Crippen molar-refractivity contribution in [3.8, 4) is 0 Å². The van der Waals surface area contributed by atoms with Crippen LogP contribution in [0.1, 0.15) is 32.6 Å². The van der Waals surface area contributed by atoms with Crippen LogP contribution in [0.2, 0.25) is 0 Å². The minimum absolute atomic E-state index is 0.00645. The number of hydrogen-bond acceptors (Lipinski definition) is 4. The van der Waals surface area contributed by atoms with Gasteiger partial charge in [0.2, 0.25) is 15.9 Å². The minimum Gasteiger partial charge on any atom is -0.481 e. The van der Waals surface area contributed by atoms with Crippen molar-refractivity contribution in [3.05, 3.63) is 0 Å². The van der Waals surface area contributed by atoms with Gasteiger partial charge < -0.3 is 10.0 Å². The first kappa shape index (κ1) is 16.7. The number of unbranched alkanes of at least 4 members (excludes halogenated alkanes) is 1. The Morgan fingerprint density at radius 2 is 1.91 bits per heavy atom. The Hall–Kier alpha value is -1.15. The van der Waals surface area contributed by atoms with E-state index in [0.717, 1.165) is 19.3 Å². The first-order valence-corrected chi connectivity index (χ1v) is 9.91. The molecule has 8 heteroatoms. The van der Waals surface area contributed by atoms with Crippen LogP contribution in [0, 0.1) is 17.3 Å². The lowest BCUT2D eigenvalue weighted by Gasteiger charge is -2.25. The first-order valence-electron chi connectivity index (χ1n) is 8.30. The smallest absolute Gasteiger partial charge is 0.313 e. The molecule has 1 saturated carbocycles. The number of rotatable bonds is 6. The number of hydrogen-bond donors (Lipinski definition) is 1. The van der Waals surface area contributed by atoms with Crippen molar-refractivity contribution < 1.29 is 23.1 Å². The van der Waals surface area contributed by atoms with E-state index in [1.165, 1.54) is 4.31 Å². The van der Waals surface area contributed by atoms with E-state index in [4.69, 9.17) is 0 Å². The number of likely N-dealkylation sites (tertiary alicyclic amines) is 1. The van der Waals surface area contributed by atoms with Gasteiger partial charge in [0, 0.05) is 38.0 Å². The lowest BCUT2D eigenvalue weighted by Crippen LogP contribution is -2.43. The third-order valence-corrected chi connectivity index (χ3v) is 7.26. The van der Waals surface area contributed by atoms with Crippen molar-refractivity contribution in [2.75, 3.05) is 31.9 Å². The van der Waals surface area contributed by atoms with Gasteiger partial charge in [-0.3, -0.25) is 9.59 Å². The van der Waals surface area contributed by atoms with E-state index in [1.807, 2.05) is 6.92 Å². The van der Waals surface area contributed by atoms with Crippen LogP contribution in [0.25, 0.3) is 0 Å². The molecule has 0 spiro atoms. The van der Waals surface area contributed by atoms with E-state index in [1.54, 1.807) is 4.90 Å². The molecular formula is C15H24N2O5S. The monoisotopic (exact) mass is 344 g/mol. The molecular weight excluding hydrogens is 320 g/mol. The number of sulfonamides is 1. The summed E-state index contributed by atoms with van der Waals surface area (Å²) < 4.78 is 26.1. The molecule has 0 aromatic rings. The van der Waals surface area contributed by atoms with E-state index in [9.17, 15) is 23.1 Å². The van der Waals surface area contributed by atoms with E-state index >= 15 is 0 Å². The maximum atomic E-state index is 12.4. The summed E-state index contributed by atoms with van der Waals surface area (Å²) in [5, 5.41) is 9.73. The predicted octanol–water partition coefficient (Wildman–Crippen LogP) is 0.371. The molecule has 3 aliphatic rings. The SMILES string of the molecule is CCCCS(=O)(=O)N1C[C@@H]2CN(C(=O)C3CC3)C[C@]2(C(=O)O)C1. The van der Waals surface area contributed by atoms with Crippen LogP contribution in [0.4, 0.5) is 0 Å². The van der Waals surface area contributed by atoms with Gasteiger partial charge in [0.1, 0.15) is 5.41 Å². The van der Waals surface area contributed by atoms with Crippen molar-refractivity contribution in [1.82, 2.24) is 9.21 Å². The van der Waals surface area contributed by atoms with Gasteiger partial charge in [0.15, 0.2) is 0 Å². The summed E-state index contributed by atoms with van der Waals surface area (Å²) in [5.41, 5.74) is -1.14. The number of amides is 1. The molecule has 0 aromatic carbocycles. The Morgan fingerprint density at radius 3 is 2.43 bits per heavy atom. The van der Waals surface area contributed by atoms with Gasteiger partial charge in [-0.1, -0.05) is 13.3 Å². The highest BCUT2D eigenvalue weighted by Gasteiger charge is 2.60. The number of fused-ring (bicyclic) bond motifs is 1. The zero-order valence-electron chi connectivity index (χ0n) is 13.4. The molecule has 0 aromatic heterocycles. The van der Waals surface area contributed by atoms with Crippen molar-refractivity contribution in [3.63, 3.8) is 0 Å². The molecule has 130 valence electrons. The molecule has 2 aliphatic heterocycles. The van der Waals surface area contributed by atoms with Crippen LogP contribution in [0.3, 0.4) is 0 Å². The third kappa shape index (κ3) is 2.87. The molecule has 1 N–H and O–H groups in total. The summed E-state index contributed by atoms with van der Waals surface area (Å²) in [4.78, 5) is 25.8. The summed E-state index contributed by atoms with van der Waals surface area (Å²) in [7, 11) is -3.41.